The van der Waals surface area contributed by atoms with Gasteiger partial charge in [-0.05, 0) is 48.2 Å². The molecule has 0 radical (unpaired) electrons. The van der Waals surface area contributed by atoms with E-state index in [9.17, 15) is 4.79 Å². The number of rotatable bonds is 11. The summed E-state index contributed by atoms with van der Waals surface area (Å²) in [5, 5.41) is 3.20. The predicted molar refractivity (Wildman–Crippen MR) is 135 cm³/mol. The number of nitrogens with one attached hydrogen (secondary N) is 1. The summed E-state index contributed by atoms with van der Waals surface area (Å²) in [6.45, 7) is 0. The summed E-state index contributed by atoms with van der Waals surface area (Å²) in [6, 6.07) is 25.4. The number of hydrogen-bond acceptors (Lipinski definition) is 5. The Bertz CT molecular complexity index is 1200. The number of oxazole rings is 1. The Balaban J connectivity index is 1.36. The minimum absolute atomic E-state index is 0.00540. The fourth-order valence-corrected chi connectivity index (χ4v) is 3.91. The summed E-state index contributed by atoms with van der Waals surface area (Å²) in [4.78, 5) is 17.2. The van der Waals surface area contributed by atoms with Gasteiger partial charge in [-0.1, -0.05) is 54.6 Å². The molecule has 3 aromatic carbocycles. The molecular weight excluding hydrogens is 440 g/mol. The first-order valence-electron chi connectivity index (χ1n) is 11.7. The van der Waals surface area contributed by atoms with Gasteiger partial charge in [-0.3, -0.25) is 4.79 Å². The third-order valence-corrected chi connectivity index (χ3v) is 5.86. The van der Waals surface area contributed by atoms with Crippen LogP contribution in [0.15, 0.2) is 89.5 Å². The molecule has 0 spiro atoms. The van der Waals surface area contributed by atoms with E-state index >= 15 is 0 Å². The highest BCUT2D eigenvalue weighted by Gasteiger charge is 2.16. The van der Waals surface area contributed by atoms with Crippen LogP contribution in [-0.4, -0.2) is 25.1 Å². The number of carbonyl (C=O) groups excluding carboxylic acids is 1. The molecule has 35 heavy (non-hydrogen) atoms. The second-order valence-electron chi connectivity index (χ2n) is 8.28. The first kappa shape index (κ1) is 24.1. The van der Waals surface area contributed by atoms with E-state index in [1.165, 1.54) is 0 Å². The summed E-state index contributed by atoms with van der Waals surface area (Å²) in [5.41, 5.74) is 3.13. The molecule has 0 fully saturated rings. The molecule has 1 aromatic heterocycles. The molecule has 6 nitrogen and oxygen atoms in total. The molecule has 0 aliphatic heterocycles. The van der Waals surface area contributed by atoms with Crippen molar-refractivity contribution < 1.29 is 18.7 Å². The van der Waals surface area contributed by atoms with Gasteiger partial charge >= 0.3 is 0 Å². The summed E-state index contributed by atoms with van der Waals surface area (Å²) in [7, 11) is 3.29. The van der Waals surface area contributed by atoms with Gasteiger partial charge in [-0.15, -0.1) is 0 Å². The fraction of sp³-hybridized carbons (Fsp3) is 0.241. The number of aryl methyl sites for hydroxylation is 1. The molecule has 180 valence electrons. The van der Waals surface area contributed by atoms with E-state index in [-0.39, 0.29) is 11.9 Å². The number of benzene rings is 3. The lowest BCUT2D eigenvalue weighted by Gasteiger charge is -2.20. The van der Waals surface area contributed by atoms with Gasteiger partial charge in [0, 0.05) is 18.4 Å². The van der Waals surface area contributed by atoms with Gasteiger partial charge in [0.15, 0.2) is 11.7 Å². The number of nitrogens with zero attached hydrogens (tertiary/aromatic N) is 1. The maximum absolute atomic E-state index is 12.9. The standard InChI is InChI=1S/C29H30N2O4/c1-33-24-15-11-21(12-16-24)19-26(22-13-17-25(34-2)18-14-22)31-28(32)9-6-10-29-30-20-27(35-29)23-7-4-3-5-8-23/h3-5,7-8,11-18,20,26H,6,9-10,19H2,1-2H3,(H,31,32). The van der Waals surface area contributed by atoms with Crippen LogP contribution >= 0.6 is 0 Å². The molecule has 0 saturated carbocycles. The lowest BCUT2D eigenvalue weighted by Crippen LogP contribution is -2.29. The van der Waals surface area contributed by atoms with Crippen molar-refractivity contribution in [1.82, 2.24) is 10.3 Å². The quantitative estimate of drug-likeness (QED) is 0.301. The van der Waals surface area contributed by atoms with E-state index in [0.717, 1.165) is 33.9 Å². The highest BCUT2D eigenvalue weighted by Crippen LogP contribution is 2.24. The second-order valence-corrected chi connectivity index (χ2v) is 8.28. The van der Waals surface area contributed by atoms with Crippen molar-refractivity contribution in [1.29, 1.82) is 0 Å². The molecular formula is C29H30N2O4. The molecule has 1 heterocycles. The predicted octanol–water partition coefficient (Wildman–Crippen LogP) is 5.78. The van der Waals surface area contributed by atoms with Crippen LogP contribution in [0.25, 0.3) is 11.3 Å². The van der Waals surface area contributed by atoms with Crippen LogP contribution in [-0.2, 0) is 17.6 Å². The van der Waals surface area contributed by atoms with Crippen molar-refractivity contribution in [3.05, 3.63) is 102 Å². The van der Waals surface area contributed by atoms with Crippen molar-refractivity contribution >= 4 is 5.91 Å². The number of carbonyl (C=O) groups is 1. The molecule has 4 rings (SSSR count). The average molecular weight is 471 g/mol. The smallest absolute Gasteiger partial charge is 0.220 e. The van der Waals surface area contributed by atoms with Crippen molar-refractivity contribution in [3.63, 3.8) is 0 Å². The molecule has 1 N–H and O–H groups in total. The van der Waals surface area contributed by atoms with Gasteiger partial charge < -0.3 is 19.2 Å². The Morgan fingerprint density at radius 1 is 0.914 bits per heavy atom. The van der Waals surface area contributed by atoms with Crippen LogP contribution in [0.1, 0.15) is 35.9 Å². The lowest BCUT2D eigenvalue weighted by molar-refractivity contribution is -0.121. The van der Waals surface area contributed by atoms with Gasteiger partial charge in [-0.2, -0.15) is 0 Å². The molecule has 4 aromatic rings. The zero-order chi connectivity index (χ0) is 24.5. The Morgan fingerprint density at radius 3 is 2.23 bits per heavy atom. The SMILES string of the molecule is COc1ccc(CC(NC(=O)CCCc2ncc(-c3ccccc3)o2)c2ccc(OC)cc2)cc1. The Labute approximate surface area is 205 Å². The second kappa shape index (κ2) is 11.9. The van der Waals surface area contributed by atoms with Crippen LogP contribution in [0.4, 0.5) is 0 Å². The van der Waals surface area contributed by atoms with Crippen molar-refractivity contribution in [3.8, 4) is 22.8 Å². The summed E-state index contributed by atoms with van der Waals surface area (Å²) in [5.74, 6) is 2.96. The summed E-state index contributed by atoms with van der Waals surface area (Å²) < 4.78 is 16.4. The van der Waals surface area contributed by atoms with E-state index in [1.54, 1.807) is 20.4 Å². The van der Waals surface area contributed by atoms with Crippen LogP contribution in [0.5, 0.6) is 11.5 Å². The maximum atomic E-state index is 12.9. The minimum Gasteiger partial charge on any atom is -0.497 e. The topological polar surface area (TPSA) is 73.6 Å². The zero-order valence-corrected chi connectivity index (χ0v) is 20.1. The van der Waals surface area contributed by atoms with Crippen LogP contribution in [0.2, 0.25) is 0 Å². The molecule has 0 aliphatic carbocycles. The van der Waals surface area contributed by atoms with Gasteiger partial charge in [-0.25, -0.2) is 4.98 Å². The average Bonchev–Trinajstić information content (AvgIpc) is 3.38. The Morgan fingerprint density at radius 2 is 1.57 bits per heavy atom. The van der Waals surface area contributed by atoms with Crippen LogP contribution in [0, 0.1) is 0 Å². The number of aromatic nitrogens is 1. The van der Waals surface area contributed by atoms with E-state index in [2.05, 4.69) is 10.3 Å². The molecule has 1 unspecified atom stereocenters. The van der Waals surface area contributed by atoms with Crippen LogP contribution in [0.3, 0.4) is 0 Å². The Hall–Kier alpha value is -4.06. The highest BCUT2D eigenvalue weighted by atomic mass is 16.5. The van der Waals surface area contributed by atoms with Gasteiger partial charge in [0.2, 0.25) is 5.91 Å². The number of hydrogen-bond donors (Lipinski definition) is 1. The summed E-state index contributed by atoms with van der Waals surface area (Å²) >= 11 is 0. The third kappa shape index (κ3) is 6.73. The van der Waals surface area contributed by atoms with Crippen molar-refractivity contribution in [2.75, 3.05) is 14.2 Å². The van der Waals surface area contributed by atoms with E-state index in [4.69, 9.17) is 13.9 Å². The van der Waals surface area contributed by atoms with Gasteiger partial charge in [0.25, 0.3) is 0 Å². The molecule has 6 heteroatoms. The first-order chi connectivity index (χ1) is 17.1. The lowest BCUT2D eigenvalue weighted by atomic mass is 9.98. The van der Waals surface area contributed by atoms with Crippen molar-refractivity contribution in [2.45, 2.75) is 31.7 Å². The minimum atomic E-state index is -0.159. The number of amides is 1. The third-order valence-electron chi connectivity index (χ3n) is 5.86. The van der Waals surface area contributed by atoms with E-state index in [1.807, 2.05) is 78.9 Å². The van der Waals surface area contributed by atoms with Crippen molar-refractivity contribution in [2.24, 2.45) is 0 Å². The maximum Gasteiger partial charge on any atom is 0.220 e. The molecule has 1 atom stereocenters. The normalized spacial score (nSPS) is 11.6. The van der Waals surface area contributed by atoms with E-state index in [0.29, 0.717) is 31.6 Å². The van der Waals surface area contributed by atoms with Crippen LogP contribution < -0.4 is 14.8 Å². The molecule has 0 saturated heterocycles. The highest BCUT2D eigenvalue weighted by molar-refractivity contribution is 5.76. The summed E-state index contributed by atoms with van der Waals surface area (Å²) in [6.07, 6.45) is 4.05. The van der Waals surface area contributed by atoms with Gasteiger partial charge in [0.1, 0.15) is 11.5 Å². The Kier molecular flexibility index (Phi) is 8.17. The largest absolute Gasteiger partial charge is 0.497 e. The zero-order valence-electron chi connectivity index (χ0n) is 20.1. The number of ether oxygens (including phenoxy) is 2. The first-order valence-corrected chi connectivity index (χ1v) is 11.7. The monoisotopic (exact) mass is 470 g/mol. The molecule has 1 amide bonds. The van der Waals surface area contributed by atoms with Gasteiger partial charge in [0.05, 0.1) is 26.5 Å². The number of methoxy groups -OCH3 is 2. The molecule has 0 aliphatic rings. The molecule has 0 bridgehead atoms. The van der Waals surface area contributed by atoms with E-state index < -0.39 is 0 Å². The fourth-order valence-electron chi connectivity index (χ4n) is 3.91.